The van der Waals surface area contributed by atoms with Crippen LogP contribution in [0.15, 0.2) is 36.5 Å². The second-order valence-electron chi connectivity index (χ2n) is 3.41. The molecule has 0 bridgehead atoms. The minimum Gasteiger partial charge on any atom is -0.351 e. The van der Waals surface area contributed by atoms with Crippen molar-refractivity contribution in [3.63, 3.8) is 0 Å². The minimum atomic E-state index is -0.832. The number of nitrogens with zero attached hydrogens (tertiary/aromatic N) is 1. The Balaban J connectivity index is 2.21. The molecule has 5 nitrogen and oxygen atoms in total. The van der Waals surface area contributed by atoms with E-state index in [-0.39, 0.29) is 6.54 Å². The van der Waals surface area contributed by atoms with Gasteiger partial charge in [-0.25, -0.2) is 4.79 Å². The predicted molar refractivity (Wildman–Crippen MR) is 59.7 cm³/mol. The first-order valence-corrected chi connectivity index (χ1v) is 4.80. The first-order chi connectivity index (χ1) is 7.66. The van der Waals surface area contributed by atoms with Gasteiger partial charge in [0.05, 0.1) is 0 Å². The molecule has 0 atom stereocenters. The number of carbonyl (C=O) groups is 2. The van der Waals surface area contributed by atoms with Crippen molar-refractivity contribution >= 4 is 22.8 Å². The van der Waals surface area contributed by atoms with Crippen molar-refractivity contribution in [3.05, 3.63) is 36.5 Å². The number of amides is 3. The Labute approximate surface area is 91.8 Å². The Morgan fingerprint density at radius 2 is 2.00 bits per heavy atom. The van der Waals surface area contributed by atoms with Crippen LogP contribution in [-0.2, 0) is 11.3 Å². The summed E-state index contributed by atoms with van der Waals surface area (Å²) in [5.74, 6) is -0.422. The summed E-state index contributed by atoms with van der Waals surface area (Å²) in [6.07, 6.45) is 1.80. The van der Waals surface area contributed by atoms with Gasteiger partial charge in [0, 0.05) is 11.7 Å². The number of aromatic nitrogens is 1. The summed E-state index contributed by atoms with van der Waals surface area (Å²) < 4.78 is 1.76. The summed E-state index contributed by atoms with van der Waals surface area (Å²) in [6.45, 7) is 0.0798. The van der Waals surface area contributed by atoms with Gasteiger partial charge in [-0.1, -0.05) is 18.2 Å². The number of hydrogen-bond acceptors (Lipinski definition) is 2. The molecule has 0 spiro atoms. The van der Waals surface area contributed by atoms with Crippen LogP contribution >= 0.6 is 0 Å². The van der Waals surface area contributed by atoms with E-state index in [2.05, 4.69) is 0 Å². The molecule has 0 aliphatic carbocycles. The van der Waals surface area contributed by atoms with Gasteiger partial charge >= 0.3 is 6.03 Å². The van der Waals surface area contributed by atoms with Crippen LogP contribution in [0.2, 0.25) is 0 Å². The molecule has 0 aliphatic rings. The van der Waals surface area contributed by atoms with Crippen molar-refractivity contribution in [3.8, 4) is 0 Å². The van der Waals surface area contributed by atoms with E-state index in [0.29, 0.717) is 0 Å². The number of rotatable bonds is 2. The summed E-state index contributed by atoms with van der Waals surface area (Å²) in [4.78, 5) is 21.8. The largest absolute Gasteiger partial charge is 0.351 e. The van der Waals surface area contributed by atoms with Gasteiger partial charge in [0.2, 0.25) is 5.91 Å². The second-order valence-corrected chi connectivity index (χ2v) is 3.41. The lowest BCUT2D eigenvalue weighted by Gasteiger charge is -2.04. The number of primary amides is 1. The quantitative estimate of drug-likeness (QED) is 0.781. The molecule has 3 amide bonds. The number of nitrogens with two attached hydrogens (primary N) is 1. The predicted octanol–water partition coefficient (Wildman–Crippen LogP) is 0.836. The van der Waals surface area contributed by atoms with Crippen molar-refractivity contribution in [1.29, 1.82) is 0 Å². The molecule has 82 valence electrons. The standard InChI is InChI=1S/C11H11N3O2/c12-11(16)13-10(15)7-14-6-5-8-3-1-2-4-9(8)14/h1-6H,7H2,(H3,12,13,15,16). The number of urea groups is 1. The van der Waals surface area contributed by atoms with Crippen molar-refractivity contribution in [2.45, 2.75) is 6.54 Å². The Bertz CT molecular complexity index is 545. The fraction of sp³-hybridized carbons (Fsp3) is 0.0909. The minimum absolute atomic E-state index is 0.0798. The molecule has 2 aromatic rings. The van der Waals surface area contributed by atoms with Crippen LogP contribution in [0.3, 0.4) is 0 Å². The smallest absolute Gasteiger partial charge is 0.318 e. The average Bonchev–Trinajstić information content (AvgIpc) is 2.61. The summed E-state index contributed by atoms with van der Waals surface area (Å²) in [7, 11) is 0. The van der Waals surface area contributed by atoms with Gasteiger partial charge in [0.15, 0.2) is 0 Å². The maximum absolute atomic E-state index is 11.3. The van der Waals surface area contributed by atoms with Crippen LogP contribution in [-0.4, -0.2) is 16.5 Å². The number of nitrogens with one attached hydrogen (secondary N) is 1. The second kappa shape index (κ2) is 4.06. The van der Waals surface area contributed by atoms with Crippen LogP contribution in [0, 0.1) is 0 Å². The van der Waals surface area contributed by atoms with Gasteiger partial charge in [-0.05, 0) is 17.5 Å². The SMILES string of the molecule is NC(=O)NC(=O)Cn1ccc2ccccc21. The molecule has 16 heavy (non-hydrogen) atoms. The van der Waals surface area contributed by atoms with Gasteiger partial charge in [-0.3, -0.25) is 10.1 Å². The van der Waals surface area contributed by atoms with Gasteiger partial charge < -0.3 is 10.3 Å². The zero-order chi connectivity index (χ0) is 11.5. The molecule has 1 aromatic carbocycles. The third kappa shape index (κ3) is 2.03. The molecule has 0 aliphatic heterocycles. The normalized spacial score (nSPS) is 10.2. The number of benzene rings is 1. The van der Waals surface area contributed by atoms with E-state index in [1.807, 2.05) is 35.6 Å². The fourth-order valence-electron chi connectivity index (χ4n) is 1.61. The summed E-state index contributed by atoms with van der Waals surface area (Å²) >= 11 is 0. The molecule has 3 N–H and O–H groups in total. The van der Waals surface area contributed by atoms with Gasteiger partial charge in [0.1, 0.15) is 6.54 Å². The Morgan fingerprint density at radius 3 is 2.75 bits per heavy atom. The van der Waals surface area contributed by atoms with E-state index in [9.17, 15) is 9.59 Å². The molecule has 0 fully saturated rings. The van der Waals surface area contributed by atoms with E-state index in [1.165, 1.54) is 0 Å². The molecule has 0 radical (unpaired) electrons. The highest BCUT2D eigenvalue weighted by molar-refractivity contribution is 5.94. The van der Waals surface area contributed by atoms with Gasteiger partial charge in [0.25, 0.3) is 0 Å². The van der Waals surface area contributed by atoms with Crippen molar-refractivity contribution in [1.82, 2.24) is 9.88 Å². The third-order valence-corrected chi connectivity index (χ3v) is 2.26. The summed E-state index contributed by atoms with van der Waals surface area (Å²) in [6, 6.07) is 8.76. The maximum Gasteiger partial charge on any atom is 0.318 e. The molecule has 0 unspecified atom stereocenters. The Hall–Kier alpha value is -2.30. The van der Waals surface area contributed by atoms with Crippen LogP contribution in [0.25, 0.3) is 10.9 Å². The number of imide groups is 1. The van der Waals surface area contributed by atoms with E-state index in [0.717, 1.165) is 10.9 Å². The molecule has 0 saturated carbocycles. The van der Waals surface area contributed by atoms with E-state index in [1.54, 1.807) is 10.8 Å². The average molecular weight is 217 g/mol. The maximum atomic E-state index is 11.3. The van der Waals surface area contributed by atoms with Crippen LogP contribution in [0.5, 0.6) is 0 Å². The lowest BCUT2D eigenvalue weighted by molar-refractivity contribution is -0.120. The molecule has 0 saturated heterocycles. The van der Waals surface area contributed by atoms with Crippen LogP contribution in [0.1, 0.15) is 0 Å². The molecule has 2 rings (SSSR count). The van der Waals surface area contributed by atoms with E-state index in [4.69, 9.17) is 5.73 Å². The highest BCUT2D eigenvalue weighted by atomic mass is 16.2. The summed E-state index contributed by atoms with van der Waals surface area (Å²) in [5, 5.41) is 3.08. The number of hydrogen-bond donors (Lipinski definition) is 2. The highest BCUT2D eigenvalue weighted by Crippen LogP contribution is 2.14. The third-order valence-electron chi connectivity index (χ3n) is 2.26. The first-order valence-electron chi connectivity index (χ1n) is 4.80. The molecular formula is C11H11N3O2. The molecule has 1 heterocycles. The zero-order valence-corrected chi connectivity index (χ0v) is 8.51. The van der Waals surface area contributed by atoms with Crippen LogP contribution in [0.4, 0.5) is 4.79 Å². The molecular weight excluding hydrogens is 206 g/mol. The number of fused-ring (bicyclic) bond motifs is 1. The van der Waals surface area contributed by atoms with Crippen molar-refractivity contribution in [2.24, 2.45) is 5.73 Å². The van der Waals surface area contributed by atoms with Crippen molar-refractivity contribution < 1.29 is 9.59 Å². The first kappa shape index (κ1) is 10.2. The lowest BCUT2D eigenvalue weighted by Crippen LogP contribution is -2.37. The number of carbonyl (C=O) groups excluding carboxylic acids is 2. The van der Waals surface area contributed by atoms with Crippen molar-refractivity contribution in [2.75, 3.05) is 0 Å². The molecule has 1 aromatic heterocycles. The fourth-order valence-corrected chi connectivity index (χ4v) is 1.61. The van der Waals surface area contributed by atoms with Crippen LogP contribution < -0.4 is 11.1 Å². The Morgan fingerprint density at radius 1 is 1.25 bits per heavy atom. The molecule has 5 heteroatoms. The topological polar surface area (TPSA) is 77.1 Å². The highest BCUT2D eigenvalue weighted by Gasteiger charge is 2.06. The summed E-state index contributed by atoms with van der Waals surface area (Å²) in [5.41, 5.74) is 5.80. The van der Waals surface area contributed by atoms with Gasteiger partial charge in [-0.15, -0.1) is 0 Å². The monoisotopic (exact) mass is 217 g/mol. The van der Waals surface area contributed by atoms with E-state index < -0.39 is 11.9 Å². The lowest BCUT2D eigenvalue weighted by atomic mass is 10.2. The zero-order valence-electron chi connectivity index (χ0n) is 8.51. The Kier molecular flexibility index (Phi) is 2.59. The van der Waals surface area contributed by atoms with E-state index >= 15 is 0 Å². The van der Waals surface area contributed by atoms with Gasteiger partial charge in [-0.2, -0.15) is 0 Å². The number of para-hydroxylation sites is 1.